The Morgan fingerprint density at radius 2 is 2.00 bits per heavy atom. The minimum Gasteiger partial charge on any atom is -0.478 e. The molecule has 1 heterocycles. The van der Waals surface area contributed by atoms with E-state index in [0.29, 0.717) is 17.0 Å². The number of para-hydroxylation sites is 1. The van der Waals surface area contributed by atoms with Crippen molar-refractivity contribution in [2.45, 2.75) is 31.7 Å². The summed E-state index contributed by atoms with van der Waals surface area (Å²) in [5.41, 5.74) is 1.07. The van der Waals surface area contributed by atoms with Crippen LogP contribution in [0.3, 0.4) is 0 Å². The van der Waals surface area contributed by atoms with Gasteiger partial charge in [0, 0.05) is 18.5 Å². The fraction of sp³-hybridized carbons (Fsp3) is 0.375. The maximum Gasteiger partial charge on any atom is 0.336 e. The van der Waals surface area contributed by atoms with Gasteiger partial charge in [-0.1, -0.05) is 31.0 Å². The van der Waals surface area contributed by atoms with Crippen LogP contribution in [0.5, 0.6) is 0 Å². The van der Waals surface area contributed by atoms with Crippen LogP contribution in [-0.2, 0) is 0 Å². The van der Waals surface area contributed by atoms with Gasteiger partial charge in [-0.2, -0.15) is 0 Å². The average molecular weight is 270 g/mol. The lowest BCUT2D eigenvalue weighted by atomic mass is 10.1. The zero-order valence-electron chi connectivity index (χ0n) is 11.5. The third kappa shape index (κ3) is 2.22. The predicted molar refractivity (Wildman–Crippen MR) is 79.4 cm³/mol. The smallest absolute Gasteiger partial charge is 0.336 e. The molecule has 0 radical (unpaired) electrons. The number of aromatic nitrogens is 1. The third-order valence-electron chi connectivity index (χ3n) is 4.17. The molecule has 1 aliphatic carbocycles. The first kappa shape index (κ1) is 12.9. The minimum atomic E-state index is -0.898. The summed E-state index contributed by atoms with van der Waals surface area (Å²) >= 11 is 0. The van der Waals surface area contributed by atoms with E-state index in [1.54, 1.807) is 6.07 Å². The van der Waals surface area contributed by atoms with E-state index in [9.17, 15) is 9.90 Å². The van der Waals surface area contributed by atoms with E-state index in [4.69, 9.17) is 0 Å². The van der Waals surface area contributed by atoms with Crippen LogP contribution in [0.1, 0.15) is 36.0 Å². The molecule has 20 heavy (non-hydrogen) atoms. The molecule has 0 bridgehead atoms. The van der Waals surface area contributed by atoms with E-state index in [-0.39, 0.29) is 0 Å². The van der Waals surface area contributed by atoms with E-state index in [1.165, 1.54) is 12.8 Å². The summed E-state index contributed by atoms with van der Waals surface area (Å²) in [6, 6.07) is 9.59. The van der Waals surface area contributed by atoms with Crippen LogP contribution in [0.2, 0.25) is 0 Å². The maximum atomic E-state index is 11.5. The Labute approximate surface area is 118 Å². The monoisotopic (exact) mass is 270 g/mol. The molecule has 1 saturated carbocycles. The van der Waals surface area contributed by atoms with Crippen molar-refractivity contribution in [3.05, 3.63) is 35.9 Å². The number of fused-ring (bicyclic) bond motifs is 1. The first-order valence-corrected chi connectivity index (χ1v) is 7.03. The molecule has 4 heteroatoms. The van der Waals surface area contributed by atoms with Crippen LogP contribution in [0, 0.1) is 0 Å². The Bertz CT molecular complexity index is 648. The second-order valence-electron chi connectivity index (χ2n) is 5.40. The SMILES string of the molecule is CN(c1cc(C(=O)O)c2ccccc2n1)C1CCCC1. The highest BCUT2D eigenvalue weighted by molar-refractivity contribution is 6.03. The Morgan fingerprint density at radius 1 is 1.30 bits per heavy atom. The second-order valence-corrected chi connectivity index (χ2v) is 5.40. The van der Waals surface area contributed by atoms with Gasteiger partial charge in [-0.3, -0.25) is 0 Å². The summed E-state index contributed by atoms with van der Waals surface area (Å²) in [6.07, 6.45) is 4.81. The van der Waals surface area contributed by atoms with E-state index < -0.39 is 5.97 Å². The fourth-order valence-corrected chi connectivity index (χ4v) is 3.00. The van der Waals surface area contributed by atoms with Crippen molar-refractivity contribution in [2.24, 2.45) is 0 Å². The summed E-state index contributed by atoms with van der Waals surface area (Å²) in [5.74, 6) is -0.141. The molecular weight excluding hydrogens is 252 g/mol. The quantitative estimate of drug-likeness (QED) is 0.929. The number of anilines is 1. The minimum absolute atomic E-state index is 0.329. The van der Waals surface area contributed by atoms with Gasteiger partial charge >= 0.3 is 5.97 Å². The van der Waals surface area contributed by atoms with Crippen LogP contribution in [0.25, 0.3) is 10.9 Å². The molecule has 2 aromatic rings. The molecule has 3 rings (SSSR count). The van der Waals surface area contributed by atoms with Gasteiger partial charge in [-0.05, 0) is 25.0 Å². The number of hydrogen-bond donors (Lipinski definition) is 1. The first-order chi connectivity index (χ1) is 9.66. The largest absolute Gasteiger partial charge is 0.478 e. The highest BCUT2D eigenvalue weighted by Gasteiger charge is 2.22. The zero-order chi connectivity index (χ0) is 14.1. The van der Waals surface area contributed by atoms with Crippen molar-refractivity contribution in [1.29, 1.82) is 0 Å². The molecule has 0 saturated heterocycles. The lowest BCUT2D eigenvalue weighted by molar-refractivity contribution is 0.0699. The molecule has 1 aromatic carbocycles. The van der Waals surface area contributed by atoms with Crippen molar-refractivity contribution in [3.63, 3.8) is 0 Å². The number of carboxylic acid groups (broad SMARTS) is 1. The van der Waals surface area contributed by atoms with Crippen LogP contribution in [0.15, 0.2) is 30.3 Å². The molecule has 0 spiro atoms. The van der Waals surface area contributed by atoms with Gasteiger partial charge in [0.05, 0.1) is 11.1 Å². The number of benzene rings is 1. The summed E-state index contributed by atoms with van der Waals surface area (Å²) < 4.78 is 0. The summed E-state index contributed by atoms with van der Waals surface area (Å²) in [7, 11) is 2.01. The van der Waals surface area contributed by atoms with Crippen molar-refractivity contribution in [1.82, 2.24) is 4.98 Å². The molecule has 4 nitrogen and oxygen atoms in total. The summed E-state index contributed by atoms with van der Waals surface area (Å²) in [5, 5.41) is 10.1. The first-order valence-electron chi connectivity index (χ1n) is 7.03. The Kier molecular flexibility index (Phi) is 3.30. The molecule has 1 fully saturated rings. The fourth-order valence-electron chi connectivity index (χ4n) is 3.00. The van der Waals surface area contributed by atoms with Gasteiger partial charge in [0.2, 0.25) is 0 Å². The third-order valence-corrected chi connectivity index (χ3v) is 4.17. The van der Waals surface area contributed by atoms with Gasteiger partial charge in [0.1, 0.15) is 5.82 Å². The lowest BCUT2D eigenvalue weighted by Crippen LogP contribution is -2.29. The number of pyridine rings is 1. The second kappa shape index (κ2) is 5.12. The van der Waals surface area contributed by atoms with Crippen molar-refractivity contribution in [2.75, 3.05) is 11.9 Å². The molecule has 0 atom stereocenters. The Hall–Kier alpha value is -2.10. The summed E-state index contributed by atoms with van der Waals surface area (Å²) in [6.45, 7) is 0. The van der Waals surface area contributed by atoms with E-state index in [1.807, 2.05) is 31.3 Å². The highest BCUT2D eigenvalue weighted by Crippen LogP contribution is 2.28. The molecule has 0 unspecified atom stereocenters. The van der Waals surface area contributed by atoms with Gasteiger partial charge < -0.3 is 10.0 Å². The van der Waals surface area contributed by atoms with Gasteiger partial charge in [0.15, 0.2) is 0 Å². The van der Waals surface area contributed by atoms with Crippen LogP contribution >= 0.6 is 0 Å². The molecule has 1 N–H and O–H groups in total. The number of aromatic carboxylic acids is 1. The topological polar surface area (TPSA) is 53.4 Å². The number of carbonyl (C=O) groups is 1. The van der Waals surface area contributed by atoms with Crippen molar-refractivity contribution in [3.8, 4) is 0 Å². The number of nitrogens with zero attached hydrogens (tertiary/aromatic N) is 2. The standard InChI is InChI=1S/C16H18N2O2/c1-18(11-6-2-3-7-11)15-10-13(16(19)20)12-8-4-5-9-14(12)17-15/h4-5,8-11H,2-3,6-7H2,1H3,(H,19,20). The molecular formula is C16H18N2O2. The highest BCUT2D eigenvalue weighted by atomic mass is 16.4. The average Bonchev–Trinajstić information content (AvgIpc) is 2.99. The molecule has 0 amide bonds. The number of hydrogen-bond acceptors (Lipinski definition) is 3. The predicted octanol–water partition coefficient (Wildman–Crippen LogP) is 3.31. The van der Waals surface area contributed by atoms with Gasteiger partial charge in [-0.15, -0.1) is 0 Å². The molecule has 0 aliphatic heterocycles. The van der Waals surface area contributed by atoms with Crippen LogP contribution < -0.4 is 4.90 Å². The van der Waals surface area contributed by atoms with Gasteiger partial charge in [0.25, 0.3) is 0 Å². The molecule has 1 aliphatic rings. The zero-order valence-corrected chi connectivity index (χ0v) is 11.5. The lowest BCUT2D eigenvalue weighted by Gasteiger charge is -2.26. The van der Waals surface area contributed by atoms with E-state index in [0.717, 1.165) is 24.2 Å². The van der Waals surface area contributed by atoms with Crippen molar-refractivity contribution >= 4 is 22.7 Å². The van der Waals surface area contributed by atoms with E-state index >= 15 is 0 Å². The summed E-state index contributed by atoms with van der Waals surface area (Å²) in [4.78, 5) is 18.2. The number of carboxylic acids is 1. The van der Waals surface area contributed by atoms with Crippen LogP contribution in [0.4, 0.5) is 5.82 Å². The van der Waals surface area contributed by atoms with Crippen LogP contribution in [-0.4, -0.2) is 29.1 Å². The molecule has 104 valence electrons. The van der Waals surface area contributed by atoms with Crippen molar-refractivity contribution < 1.29 is 9.90 Å². The normalized spacial score (nSPS) is 15.7. The maximum absolute atomic E-state index is 11.5. The van der Waals surface area contributed by atoms with E-state index in [2.05, 4.69) is 9.88 Å². The Balaban J connectivity index is 2.09. The Morgan fingerprint density at radius 3 is 2.70 bits per heavy atom. The van der Waals surface area contributed by atoms with Gasteiger partial charge in [-0.25, -0.2) is 9.78 Å². The molecule has 1 aromatic heterocycles. The number of rotatable bonds is 3.